The third-order valence-corrected chi connectivity index (χ3v) is 4.42. The summed E-state index contributed by atoms with van der Waals surface area (Å²) in [6.07, 6.45) is 4.05. The lowest BCUT2D eigenvalue weighted by Crippen LogP contribution is -2.38. The summed E-state index contributed by atoms with van der Waals surface area (Å²) in [6, 6.07) is 3.52. The van der Waals surface area contributed by atoms with Crippen LogP contribution in [0.1, 0.15) is 23.7 Å². The van der Waals surface area contributed by atoms with Gasteiger partial charge in [0, 0.05) is 32.0 Å². The summed E-state index contributed by atoms with van der Waals surface area (Å²) < 4.78 is 0. The summed E-state index contributed by atoms with van der Waals surface area (Å²) in [5, 5.41) is 2.89. The Morgan fingerprint density at radius 3 is 3.05 bits per heavy atom. The van der Waals surface area contributed by atoms with Gasteiger partial charge in [-0.3, -0.25) is 14.6 Å². The van der Waals surface area contributed by atoms with E-state index >= 15 is 0 Å². The smallest absolute Gasteiger partial charge is 0.255 e. The van der Waals surface area contributed by atoms with Crippen molar-refractivity contribution < 1.29 is 9.59 Å². The van der Waals surface area contributed by atoms with Crippen LogP contribution in [0.3, 0.4) is 0 Å². The minimum atomic E-state index is -0.377. The van der Waals surface area contributed by atoms with Gasteiger partial charge < -0.3 is 10.2 Å². The molecule has 0 radical (unpaired) electrons. The van der Waals surface area contributed by atoms with Gasteiger partial charge in [0.15, 0.2) is 0 Å². The summed E-state index contributed by atoms with van der Waals surface area (Å²) >= 11 is 0. The Hall–Kier alpha value is -1.91. The monoisotopic (exact) mass is 259 g/mol. The zero-order chi connectivity index (χ0) is 13.5. The molecule has 2 atom stereocenters. The number of nitrogens with zero attached hydrogens (tertiary/aromatic N) is 2. The average Bonchev–Trinajstić information content (AvgIpc) is 2.96. The second-order valence-electron chi connectivity index (χ2n) is 5.49. The van der Waals surface area contributed by atoms with Crippen LogP contribution in [-0.2, 0) is 4.79 Å². The van der Waals surface area contributed by atoms with Crippen molar-refractivity contribution >= 4 is 11.8 Å². The van der Waals surface area contributed by atoms with Gasteiger partial charge in [0.05, 0.1) is 11.0 Å². The maximum atomic E-state index is 12.4. The number of hydrogen-bond acceptors (Lipinski definition) is 3. The van der Waals surface area contributed by atoms with Crippen molar-refractivity contribution in [3.63, 3.8) is 0 Å². The van der Waals surface area contributed by atoms with E-state index in [1.807, 2.05) is 0 Å². The maximum Gasteiger partial charge on any atom is 0.255 e. The molecule has 19 heavy (non-hydrogen) atoms. The number of aromatic nitrogens is 1. The second-order valence-corrected chi connectivity index (χ2v) is 5.49. The molecule has 3 heterocycles. The third-order valence-electron chi connectivity index (χ3n) is 4.42. The van der Waals surface area contributed by atoms with Gasteiger partial charge in [-0.05, 0) is 24.5 Å². The van der Waals surface area contributed by atoms with Crippen molar-refractivity contribution in [2.24, 2.45) is 11.3 Å². The van der Waals surface area contributed by atoms with Crippen LogP contribution in [0.2, 0.25) is 0 Å². The lowest BCUT2D eigenvalue weighted by molar-refractivity contribution is -0.128. The maximum absolute atomic E-state index is 12.4. The zero-order valence-corrected chi connectivity index (χ0v) is 10.9. The molecule has 2 amide bonds. The highest BCUT2D eigenvalue weighted by molar-refractivity contribution is 5.95. The van der Waals surface area contributed by atoms with E-state index in [1.165, 1.54) is 0 Å². The first-order valence-electron chi connectivity index (χ1n) is 6.61. The molecule has 5 heteroatoms. The Labute approximate surface area is 112 Å². The molecule has 2 aliphatic rings. The first kappa shape index (κ1) is 12.1. The number of likely N-dealkylation sites (tertiary alicyclic amines) is 1. The highest BCUT2D eigenvalue weighted by Gasteiger charge is 2.53. The van der Waals surface area contributed by atoms with E-state index in [0.717, 1.165) is 13.0 Å². The Morgan fingerprint density at radius 2 is 2.42 bits per heavy atom. The number of nitrogens with one attached hydrogen (secondary N) is 1. The van der Waals surface area contributed by atoms with E-state index in [1.54, 1.807) is 29.4 Å². The molecule has 0 aliphatic carbocycles. The fourth-order valence-electron chi connectivity index (χ4n) is 3.20. The molecule has 2 saturated heterocycles. The van der Waals surface area contributed by atoms with Gasteiger partial charge in [0.2, 0.25) is 5.91 Å². The highest BCUT2D eigenvalue weighted by atomic mass is 16.2. The zero-order valence-electron chi connectivity index (χ0n) is 10.9. The van der Waals surface area contributed by atoms with Crippen LogP contribution in [0.5, 0.6) is 0 Å². The first-order valence-corrected chi connectivity index (χ1v) is 6.61. The largest absolute Gasteiger partial charge is 0.356 e. The Bertz CT molecular complexity index is 517. The number of rotatable bonds is 1. The number of carbonyl (C=O) groups is 2. The van der Waals surface area contributed by atoms with Crippen molar-refractivity contribution in [3.05, 3.63) is 30.1 Å². The molecule has 2 fully saturated rings. The van der Waals surface area contributed by atoms with Crippen LogP contribution in [0.4, 0.5) is 0 Å². The Kier molecular flexibility index (Phi) is 2.77. The molecule has 5 nitrogen and oxygen atoms in total. The van der Waals surface area contributed by atoms with Crippen molar-refractivity contribution in [1.82, 2.24) is 15.2 Å². The van der Waals surface area contributed by atoms with Gasteiger partial charge in [-0.25, -0.2) is 0 Å². The highest BCUT2D eigenvalue weighted by Crippen LogP contribution is 2.42. The second kappa shape index (κ2) is 4.33. The van der Waals surface area contributed by atoms with Gasteiger partial charge in [0.25, 0.3) is 5.91 Å². The summed E-state index contributed by atoms with van der Waals surface area (Å²) in [5.41, 5.74) is 0.211. The standard InChI is InChI=1S/C14H17N3O2/c1-10-8-17(9-14(10)4-6-16-13(14)19)12(18)11-3-2-5-15-7-11/h2-3,5,7,10H,4,6,8-9H2,1H3,(H,16,19)/t10-,14-/m0/s1. The van der Waals surface area contributed by atoms with E-state index in [2.05, 4.69) is 17.2 Å². The molecule has 3 rings (SSSR count). The fraction of sp³-hybridized carbons (Fsp3) is 0.500. The van der Waals surface area contributed by atoms with Gasteiger partial charge >= 0.3 is 0 Å². The summed E-state index contributed by atoms with van der Waals surface area (Å²) in [5.74, 6) is 0.272. The van der Waals surface area contributed by atoms with Crippen molar-refractivity contribution in [3.8, 4) is 0 Å². The van der Waals surface area contributed by atoms with Crippen molar-refractivity contribution in [2.45, 2.75) is 13.3 Å². The van der Waals surface area contributed by atoms with Gasteiger partial charge in [-0.1, -0.05) is 6.92 Å². The van der Waals surface area contributed by atoms with E-state index in [4.69, 9.17) is 0 Å². The van der Waals surface area contributed by atoms with Gasteiger partial charge in [0.1, 0.15) is 0 Å². The molecule has 1 aromatic rings. The normalized spacial score (nSPS) is 29.8. The minimum Gasteiger partial charge on any atom is -0.356 e. The molecule has 0 saturated carbocycles. The number of carbonyl (C=O) groups excluding carboxylic acids is 2. The van der Waals surface area contributed by atoms with Crippen LogP contribution in [0.15, 0.2) is 24.5 Å². The molecule has 0 aromatic carbocycles. The van der Waals surface area contributed by atoms with Crippen LogP contribution < -0.4 is 5.32 Å². The van der Waals surface area contributed by atoms with E-state index in [9.17, 15) is 9.59 Å². The summed E-state index contributed by atoms with van der Waals surface area (Å²) in [4.78, 5) is 30.2. The number of amides is 2. The Balaban J connectivity index is 1.82. The minimum absolute atomic E-state index is 0.0310. The van der Waals surface area contributed by atoms with Crippen molar-refractivity contribution in [1.29, 1.82) is 0 Å². The number of pyridine rings is 1. The third kappa shape index (κ3) is 1.80. The topological polar surface area (TPSA) is 62.3 Å². The van der Waals surface area contributed by atoms with Crippen LogP contribution >= 0.6 is 0 Å². The lowest BCUT2D eigenvalue weighted by Gasteiger charge is -2.23. The number of hydrogen-bond donors (Lipinski definition) is 1. The van der Waals surface area contributed by atoms with Crippen LogP contribution in [0, 0.1) is 11.3 Å². The molecule has 1 aromatic heterocycles. The van der Waals surface area contributed by atoms with E-state index in [0.29, 0.717) is 18.7 Å². The predicted molar refractivity (Wildman–Crippen MR) is 69.4 cm³/mol. The van der Waals surface area contributed by atoms with Crippen LogP contribution in [0.25, 0.3) is 0 Å². The molecule has 100 valence electrons. The summed E-state index contributed by atoms with van der Waals surface area (Å²) in [6.45, 7) is 3.94. The molecule has 0 unspecified atom stereocenters. The van der Waals surface area contributed by atoms with Crippen LogP contribution in [-0.4, -0.2) is 41.3 Å². The van der Waals surface area contributed by atoms with E-state index in [-0.39, 0.29) is 23.1 Å². The molecular formula is C14H17N3O2. The molecular weight excluding hydrogens is 242 g/mol. The summed E-state index contributed by atoms with van der Waals surface area (Å²) in [7, 11) is 0. The quantitative estimate of drug-likeness (QED) is 0.806. The first-order chi connectivity index (χ1) is 9.13. The lowest BCUT2D eigenvalue weighted by atomic mass is 9.78. The average molecular weight is 259 g/mol. The molecule has 1 N–H and O–H groups in total. The Morgan fingerprint density at radius 1 is 1.58 bits per heavy atom. The molecule has 0 bridgehead atoms. The van der Waals surface area contributed by atoms with Crippen molar-refractivity contribution in [2.75, 3.05) is 19.6 Å². The van der Waals surface area contributed by atoms with E-state index < -0.39 is 0 Å². The fourth-order valence-corrected chi connectivity index (χ4v) is 3.20. The SMILES string of the molecule is C[C@H]1CN(C(=O)c2cccnc2)C[C@@]12CCNC2=O. The molecule has 2 aliphatic heterocycles. The molecule has 1 spiro atoms. The van der Waals surface area contributed by atoms with Gasteiger partial charge in [-0.2, -0.15) is 0 Å². The predicted octanol–water partition coefficient (Wildman–Crippen LogP) is 0.680. The van der Waals surface area contributed by atoms with Gasteiger partial charge in [-0.15, -0.1) is 0 Å².